The summed E-state index contributed by atoms with van der Waals surface area (Å²) in [6, 6.07) is 18.2. The van der Waals surface area contributed by atoms with Gasteiger partial charge < -0.3 is 31.5 Å². The number of nitrogens with one attached hydrogen (secondary N) is 1. The summed E-state index contributed by atoms with van der Waals surface area (Å²) in [6.07, 6.45) is 8.18. The minimum atomic E-state index is -0.531. The fourth-order valence-electron chi connectivity index (χ4n) is 6.76. The van der Waals surface area contributed by atoms with Crippen LogP contribution in [0.2, 0.25) is 0 Å². The average molecular weight is 556 g/mol. The van der Waals surface area contributed by atoms with Gasteiger partial charge in [0.05, 0.1) is 18.5 Å². The Kier molecular flexibility index (Phi) is 8.56. The molecule has 2 bridgehead atoms. The molecule has 4 fully saturated rings. The predicted molar refractivity (Wildman–Crippen MR) is 138 cm³/mol. The van der Waals surface area contributed by atoms with Crippen molar-refractivity contribution in [1.82, 2.24) is 0 Å². The van der Waals surface area contributed by atoms with Gasteiger partial charge in [-0.2, -0.15) is 0 Å². The van der Waals surface area contributed by atoms with Crippen molar-refractivity contribution in [2.24, 2.45) is 5.92 Å². The summed E-state index contributed by atoms with van der Waals surface area (Å²) in [7, 11) is 0. The number of carbonyl (C=O) groups excluding carboxylic acids is 2. The van der Waals surface area contributed by atoms with E-state index in [0.717, 1.165) is 79.5 Å². The first-order valence-corrected chi connectivity index (χ1v) is 13.5. The molecule has 1 N–H and O–H groups in total. The number of hydrogen-bond acceptors (Lipinski definition) is 3. The zero-order chi connectivity index (χ0) is 24.3. The fourth-order valence-corrected chi connectivity index (χ4v) is 6.76. The van der Waals surface area contributed by atoms with Crippen molar-refractivity contribution < 1.29 is 35.8 Å². The van der Waals surface area contributed by atoms with E-state index >= 15 is 0 Å². The van der Waals surface area contributed by atoms with Crippen molar-refractivity contribution in [1.29, 1.82) is 0 Å². The topological polar surface area (TPSA) is 55.4 Å². The highest BCUT2D eigenvalue weighted by atomic mass is 79.9. The Morgan fingerprint density at radius 2 is 1.67 bits per heavy atom. The number of quaternary nitrogens is 1. The minimum absolute atomic E-state index is 0. The first-order valence-electron chi connectivity index (χ1n) is 13.5. The molecular weight excluding hydrogens is 516 g/mol. The number of aryl methyl sites for hydroxylation is 1. The number of ether oxygens (including phenoxy) is 1. The summed E-state index contributed by atoms with van der Waals surface area (Å²) >= 11 is 0. The molecule has 1 saturated carbocycles. The molecule has 3 heterocycles. The van der Waals surface area contributed by atoms with Crippen molar-refractivity contribution in [3.63, 3.8) is 0 Å². The Hall–Kier alpha value is -2.18. The van der Waals surface area contributed by atoms with Crippen LogP contribution in [0.1, 0.15) is 62.5 Å². The lowest BCUT2D eigenvalue weighted by molar-refractivity contribution is -0.939. The number of carbonyl (C=O) groups is 2. The first-order chi connectivity index (χ1) is 17.0. The molecule has 1 amide bonds. The van der Waals surface area contributed by atoms with Crippen LogP contribution in [0.4, 0.5) is 5.69 Å². The monoisotopic (exact) mass is 554 g/mol. The molecule has 194 valence electrons. The van der Waals surface area contributed by atoms with Gasteiger partial charge in [-0.25, -0.2) is 0 Å². The Balaban J connectivity index is 0.00000304. The Morgan fingerprint density at radius 3 is 2.33 bits per heavy atom. The van der Waals surface area contributed by atoms with Gasteiger partial charge in [0.15, 0.2) is 12.6 Å². The summed E-state index contributed by atoms with van der Waals surface area (Å²) in [4.78, 5) is 26.9. The number of benzene rings is 2. The molecule has 6 rings (SSSR count). The molecule has 5 nitrogen and oxygen atoms in total. The normalized spacial score (nSPS) is 26.8. The molecule has 2 aromatic carbocycles. The maximum absolute atomic E-state index is 13.9. The van der Waals surface area contributed by atoms with Crippen LogP contribution >= 0.6 is 0 Å². The van der Waals surface area contributed by atoms with Gasteiger partial charge in [0.2, 0.25) is 0 Å². The SMILES string of the molecule is Cc1cccc(NC(=O)C[N+]23CCC(CC2)[C@@H](OC(=O)C2(c4ccccc4)CCCCCC2)C3)c1.[Br-]. The quantitative estimate of drug-likeness (QED) is 0.339. The van der Waals surface area contributed by atoms with Crippen LogP contribution in [0.5, 0.6) is 0 Å². The molecule has 3 aliphatic heterocycles. The Bertz CT molecular complexity index is 1040. The van der Waals surface area contributed by atoms with E-state index in [2.05, 4.69) is 17.4 Å². The van der Waals surface area contributed by atoms with Gasteiger partial charge in [0.25, 0.3) is 5.91 Å². The lowest BCUT2D eigenvalue weighted by Gasteiger charge is -2.52. The van der Waals surface area contributed by atoms with E-state index in [4.69, 9.17) is 4.74 Å². The van der Waals surface area contributed by atoms with Crippen LogP contribution in [-0.4, -0.2) is 48.6 Å². The summed E-state index contributed by atoms with van der Waals surface area (Å²) in [6.45, 7) is 5.21. The lowest BCUT2D eigenvalue weighted by Crippen LogP contribution is -3.00. The molecule has 2 aromatic rings. The van der Waals surface area contributed by atoms with Crippen molar-refractivity contribution >= 4 is 17.6 Å². The molecule has 0 aromatic heterocycles. The van der Waals surface area contributed by atoms with E-state index in [0.29, 0.717) is 12.5 Å². The van der Waals surface area contributed by atoms with E-state index in [9.17, 15) is 9.59 Å². The van der Waals surface area contributed by atoms with Crippen LogP contribution in [0.15, 0.2) is 54.6 Å². The summed E-state index contributed by atoms with van der Waals surface area (Å²) in [5.41, 5.74) is 2.55. The zero-order valence-electron chi connectivity index (χ0n) is 21.4. The van der Waals surface area contributed by atoms with Crippen molar-refractivity contribution in [3.05, 3.63) is 65.7 Å². The van der Waals surface area contributed by atoms with Gasteiger partial charge in [-0.15, -0.1) is 0 Å². The van der Waals surface area contributed by atoms with E-state index < -0.39 is 5.41 Å². The van der Waals surface area contributed by atoms with Crippen LogP contribution < -0.4 is 22.3 Å². The number of rotatable bonds is 6. The van der Waals surface area contributed by atoms with Gasteiger partial charge >= 0.3 is 5.97 Å². The number of halogens is 1. The molecule has 0 radical (unpaired) electrons. The van der Waals surface area contributed by atoms with Crippen molar-refractivity contribution in [2.45, 2.75) is 69.8 Å². The third-order valence-electron chi connectivity index (χ3n) is 8.75. The van der Waals surface area contributed by atoms with Crippen LogP contribution in [0.3, 0.4) is 0 Å². The summed E-state index contributed by atoms with van der Waals surface area (Å²) in [5, 5.41) is 3.09. The maximum atomic E-state index is 13.9. The second kappa shape index (κ2) is 11.5. The van der Waals surface area contributed by atoms with Crippen LogP contribution in [0, 0.1) is 12.8 Å². The maximum Gasteiger partial charge on any atom is 0.317 e. The molecule has 1 aliphatic carbocycles. The van der Waals surface area contributed by atoms with Crippen molar-refractivity contribution in [2.75, 3.05) is 31.5 Å². The molecule has 36 heavy (non-hydrogen) atoms. The molecular formula is C30H39BrN2O3. The third-order valence-corrected chi connectivity index (χ3v) is 8.75. The molecule has 0 spiro atoms. The molecule has 4 aliphatic rings. The van der Waals surface area contributed by atoms with E-state index in [1.807, 2.05) is 49.4 Å². The van der Waals surface area contributed by atoms with Gasteiger partial charge in [0, 0.05) is 24.4 Å². The second-order valence-corrected chi connectivity index (χ2v) is 11.2. The number of nitrogens with zero attached hydrogens (tertiary/aromatic N) is 1. The largest absolute Gasteiger partial charge is 1.00 e. The second-order valence-electron chi connectivity index (χ2n) is 11.2. The van der Waals surface area contributed by atoms with Gasteiger partial charge in [0.1, 0.15) is 6.54 Å². The minimum Gasteiger partial charge on any atom is -1.00 e. The average Bonchev–Trinajstić information content (AvgIpc) is 3.12. The molecule has 6 heteroatoms. The highest BCUT2D eigenvalue weighted by molar-refractivity contribution is 5.91. The number of hydrogen-bond donors (Lipinski definition) is 1. The summed E-state index contributed by atoms with van der Waals surface area (Å²) < 4.78 is 7.16. The highest BCUT2D eigenvalue weighted by Crippen LogP contribution is 2.42. The Morgan fingerprint density at radius 1 is 0.972 bits per heavy atom. The number of piperidine rings is 3. The number of fused-ring (bicyclic) bond motifs is 3. The van der Waals surface area contributed by atoms with Gasteiger partial charge in [-0.3, -0.25) is 9.59 Å². The fraction of sp³-hybridized carbons (Fsp3) is 0.533. The van der Waals surface area contributed by atoms with E-state index in [1.54, 1.807) is 0 Å². The smallest absolute Gasteiger partial charge is 0.317 e. The first kappa shape index (κ1) is 26.9. The molecule has 3 saturated heterocycles. The molecule has 1 atom stereocenters. The molecule has 0 unspecified atom stereocenters. The summed E-state index contributed by atoms with van der Waals surface area (Å²) in [5.74, 6) is 0.426. The zero-order valence-corrected chi connectivity index (χ0v) is 23.0. The Labute approximate surface area is 226 Å². The van der Waals surface area contributed by atoms with E-state index in [1.165, 1.54) is 12.8 Å². The lowest BCUT2D eigenvalue weighted by atomic mass is 9.74. The number of amides is 1. The van der Waals surface area contributed by atoms with Gasteiger partial charge in [-0.05, 0) is 43.0 Å². The van der Waals surface area contributed by atoms with Gasteiger partial charge in [-0.1, -0.05) is 68.1 Å². The number of esters is 1. The number of anilines is 1. The van der Waals surface area contributed by atoms with Crippen LogP contribution in [-0.2, 0) is 19.7 Å². The standard InChI is InChI=1S/C30H38N2O3.BrH/c1-23-10-9-13-26(20-23)31-28(33)22-32-18-14-24(15-19-32)27(21-32)35-29(34)30(16-7-2-3-8-17-30)25-11-5-4-6-12-25;/h4-6,9-13,20,24,27H,2-3,7-8,14-19,21-22H2,1H3;1H/t24?,27-,32?;/m0./s1. The highest BCUT2D eigenvalue weighted by Gasteiger charge is 2.51. The van der Waals surface area contributed by atoms with Crippen molar-refractivity contribution in [3.8, 4) is 0 Å². The predicted octanol–water partition coefficient (Wildman–Crippen LogP) is 2.38. The van der Waals surface area contributed by atoms with E-state index in [-0.39, 0.29) is 35.0 Å². The van der Waals surface area contributed by atoms with Crippen LogP contribution in [0.25, 0.3) is 0 Å². The third kappa shape index (κ3) is 5.70.